The monoisotopic (exact) mass is 186 g/mol. The highest BCUT2D eigenvalue weighted by Gasteiger charge is 2.09. The van der Waals surface area contributed by atoms with E-state index in [9.17, 15) is 0 Å². The summed E-state index contributed by atoms with van der Waals surface area (Å²) in [4.78, 5) is 4.89. The Bertz CT molecular complexity index is 111. The van der Waals surface area contributed by atoms with Crippen molar-refractivity contribution in [3.05, 3.63) is 0 Å². The summed E-state index contributed by atoms with van der Waals surface area (Å²) < 4.78 is 0. The van der Waals surface area contributed by atoms with Crippen LogP contribution in [0.3, 0.4) is 0 Å². The van der Waals surface area contributed by atoms with E-state index in [1.54, 1.807) is 0 Å². The van der Waals surface area contributed by atoms with Crippen molar-refractivity contribution < 1.29 is 0 Å². The molecule has 0 heterocycles. The molecule has 13 heavy (non-hydrogen) atoms. The predicted octanol–water partition coefficient (Wildman–Crippen LogP) is 2.06. The van der Waals surface area contributed by atoms with Gasteiger partial charge in [0.15, 0.2) is 0 Å². The van der Waals surface area contributed by atoms with E-state index in [2.05, 4.69) is 44.5 Å². The van der Waals surface area contributed by atoms with Gasteiger partial charge in [0.05, 0.1) is 0 Å². The van der Waals surface area contributed by atoms with Crippen LogP contribution in [0, 0.1) is 0 Å². The molecular formula is C11H26N2. The first-order valence-corrected chi connectivity index (χ1v) is 5.58. The van der Waals surface area contributed by atoms with Crippen molar-refractivity contribution in [2.45, 2.75) is 40.2 Å². The van der Waals surface area contributed by atoms with Crippen LogP contribution < -0.4 is 0 Å². The Morgan fingerprint density at radius 2 is 1.54 bits per heavy atom. The second kappa shape index (κ2) is 7.34. The van der Waals surface area contributed by atoms with Gasteiger partial charge in [-0.3, -0.25) is 0 Å². The third kappa shape index (κ3) is 5.27. The first-order valence-electron chi connectivity index (χ1n) is 5.58. The van der Waals surface area contributed by atoms with Gasteiger partial charge in [-0.1, -0.05) is 20.8 Å². The Morgan fingerprint density at radius 3 is 1.92 bits per heavy atom. The molecule has 0 aliphatic rings. The molecule has 0 aromatic rings. The highest BCUT2D eigenvalue weighted by molar-refractivity contribution is 4.65. The average molecular weight is 186 g/mol. The van der Waals surface area contributed by atoms with E-state index >= 15 is 0 Å². The number of hydrogen-bond acceptors (Lipinski definition) is 2. The van der Waals surface area contributed by atoms with Crippen molar-refractivity contribution in [3.8, 4) is 0 Å². The molecule has 0 saturated carbocycles. The maximum atomic E-state index is 2.52. The van der Waals surface area contributed by atoms with E-state index < -0.39 is 0 Å². The Balaban J connectivity index is 3.65. The lowest BCUT2D eigenvalue weighted by molar-refractivity contribution is 0.201. The lowest BCUT2D eigenvalue weighted by Crippen LogP contribution is -2.35. The zero-order valence-electron chi connectivity index (χ0n) is 10.0. The molecule has 80 valence electrons. The molecule has 0 radical (unpaired) electrons. The molecule has 0 aliphatic carbocycles. The lowest BCUT2D eigenvalue weighted by Gasteiger charge is -2.27. The molecule has 0 aromatic heterocycles. The fourth-order valence-electron chi connectivity index (χ4n) is 1.59. The molecule has 2 heteroatoms. The molecule has 0 amide bonds. The Labute approximate surface area is 83.9 Å². The Morgan fingerprint density at radius 1 is 1.00 bits per heavy atom. The Hall–Kier alpha value is -0.0800. The fourth-order valence-corrected chi connectivity index (χ4v) is 1.59. The summed E-state index contributed by atoms with van der Waals surface area (Å²) in [5, 5.41) is 0. The lowest BCUT2D eigenvalue weighted by atomic mass is 10.2. The smallest absolute Gasteiger partial charge is 0.00788 e. The maximum absolute atomic E-state index is 2.52. The van der Waals surface area contributed by atoms with Crippen LogP contribution in [-0.2, 0) is 0 Å². The minimum atomic E-state index is 0.726. The second-order valence-electron chi connectivity index (χ2n) is 3.75. The van der Waals surface area contributed by atoms with E-state index in [-0.39, 0.29) is 0 Å². The first-order chi connectivity index (χ1) is 6.15. The van der Waals surface area contributed by atoms with Gasteiger partial charge in [-0.05, 0) is 46.6 Å². The van der Waals surface area contributed by atoms with Crippen molar-refractivity contribution in [2.24, 2.45) is 0 Å². The first kappa shape index (κ1) is 12.9. The number of rotatable bonds is 7. The van der Waals surface area contributed by atoms with Crippen molar-refractivity contribution in [1.82, 2.24) is 9.80 Å². The molecule has 1 unspecified atom stereocenters. The highest BCUT2D eigenvalue weighted by Crippen LogP contribution is 2.03. The summed E-state index contributed by atoms with van der Waals surface area (Å²) in [6, 6.07) is 0.726. The number of hydrogen-bond donors (Lipinski definition) is 0. The van der Waals surface area contributed by atoms with Gasteiger partial charge < -0.3 is 9.80 Å². The van der Waals surface area contributed by atoms with Gasteiger partial charge in [-0.25, -0.2) is 0 Å². The van der Waals surface area contributed by atoms with Gasteiger partial charge in [0.25, 0.3) is 0 Å². The molecule has 0 rings (SSSR count). The fraction of sp³-hybridized carbons (Fsp3) is 1.00. The van der Waals surface area contributed by atoms with E-state index in [1.165, 1.54) is 26.1 Å². The van der Waals surface area contributed by atoms with Crippen molar-refractivity contribution in [3.63, 3.8) is 0 Å². The zero-order chi connectivity index (χ0) is 10.3. The second-order valence-corrected chi connectivity index (χ2v) is 3.75. The summed E-state index contributed by atoms with van der Waals surface area (Å²) in [6.45, 7) is 13.7. The third-order valence-electron chi connectivity index (χ3n) is 2.90. The van der Waals surface area contributed by atoms with Gasteiger partial charge in [0.1, 0.15) is 0 Å². The van der Waals surface area contributed by atoms with Crippen LogP contribution in [0.2, 0.25) is 0 Å². The molecule has 0 aromatic carbocycles. The molecule has 1 atom stereocenters. The molecule has 0 bridgehead atoms. The van der Waals surface area contributed by atoms with Crippen LogP contribution in [0.25, 0.3) is 0 Å². The standard InChI is InChI=1S/C11H26N2/c1-6-12(5)10-9-11(4)13(7-2)8-3/h11H,6-10H2,1-5H3. The summed E-state index contributed by atoms with van der Waals surface area (Å²) >= 11 is 0. The minimum absolute atomic E-state index is 0.726. The minimum Gasteiger partial charge on any atom is -0.307 e. The quantitative estimate of drug-likeness (QED) is 0.600. The summed E-state index contributed by atoms with van der Waals surface area (Å²) in [5.41, 5.74) is 0. The largest absolute Gasteiger partial charge is 0.307 e. The molecule has 0 N–H and O–H groups in total. The summed E-state index contributed by atoms with van der Waals surface area (Å²) in [7, 11) is 2.19. The van der Waals surface area contributed by atoms with Gasteiger partial charge in [0.2, 0.25) is 0 Å². The van der Waals surface area contributed by atoms with Gasteiger partial charge in [-0.15, -0.1) is 0 Å². The van der Waals surface area contributed by atoms with Crippen molar-refractivity contribution >= 4 is 0 Å². The van der Waals surface area contributed by atoms with Crippen molar-refractivity contribution in [2.75, 3.05) is 33.2 Å². The van der Waals surface area contributed by atoms with E-state index in [4.69, 9.17) is 0 Å². The highest BCUT2D eigenvalue weighted by atomic mass is 15.1. The maximum Gasteiger partial charge on any atom is 0.00788 e. The van der Waals surface area contributed by atoms with E-state index in [0.29, 0.717) is 0 Å². The number of nitrogens with zero attached hydrogens (tertiary/aromatic N) is 2. The zero-order valence-corrected chi connectivity index (χ0v) is 10.0. The van der Waals surface area contributed by atoms with Gasteiger partial charge in [-0.2, -0.15) is 0 Å². The predicted molar refractivity (Wildman–Crippen MR) is 60.2 cm³/mol. The van der Waals surface area contributed by atoms with E-state index in [0.717, 1.165) is 12.6 Å². The SMILES string of the molecule is CCN(C)CCC(C)N(CC)CC. The van der Waals surface area contributed by atoms with Crippen LogP contribution in [0.15, 0.2) is 0 Å². The summed E-state index contributed by atoms with van der Waals surface area (Å²) in [6.07, 6.45) is 1.28. The molecule has 0 fully saturated rings. The van der Waals surface area contributed by atoms with Gasteiger partial charge in [0, 0.05) is 6.04 Å². The molecule has 2 nitrogen and oxygen atoms in total. The summed E-state index contributed by atoms with van der Waals surface area (Å²) in [5.74, 6) is 0. The van der Waals surface area contributed by atoms with Crippen LogP contribution in [0.4, 0.5) is 0 Å². The van der Waals surface area contributed by atoms with E-state index in [1.807, 2.05) is 0 Å². The molecule has 0 aliphatic heterocycles. The molecule has 0 spiro atoms. The van der Waals surface area contributed by atoms with Crippen LogP contribution in [0.1, 0.15) is 34.1 Å². The van der Waals surface area contributed by atoms with Crippen molar-refractivity contribution in [1.29, 1.82) is 0 Å². The molecular weight excluding hydrogens is 160 g/mol. The normalized spacial score (nSPS) is 14.1. The molecule has 0 saturated heterocycles. The van der Waals surface area contributed by atoms with Crippen LogP contribution in [-0.4, -0.2) is 49.1 Å². The van der Waals surface area contributed by atoms with Gasteiger partial charge >= 0.3 is 0 Å². The van der Waals surface area contributed by atoms with Crippen LogP contribution >= 0.6 is 0 Å². The average Bonchev–Trinajstić information content (AvgIpc) is 2.16. The topological polar surface area (TPSA) is 6.48 Å². The van der Waals surface area contributed by atoms with Crippen LogP contribution in [0.5, 0.6) is 0 Å². The third-order valence-corrected chi connectivity index (χ3v) is 2.90. The Kier molecular flexibility index (Phi) is 7.29.